The topological polar surface area (TPSA) is 41.1 Å². The Morgan fingerprint density at radius 3 is 2.70 bits per heavy atom. The van der Waals surface area contributed by atoms with Gasteiger partial charge >= 0.3 is 0 Å². The molecule has 0 saturated carbocycles. The van der Waals surface area contributed by atoms with E-state index in [1.165, 1.54) is 0 Å². The molecule has 20 heavy (non-hydrogen) atoms. The van der Waals surface area contributed by atoms with Gasteiger partial charge in [0.25, 0.3) is 0 Å². The molecule has 0 spiro atoms. The van der Waals surface area contributed by atoms with Crippen molar-refractivity contribution in [1.29, 1.82) is 0 Å². The van der Waals surface area contributed by atoms with E-state index >= 15 is 0 Å². The SMILES string of the molecule is CCC1CCNC(C(=O)Nc2c(Cl)cc(Br)cc2Cl)C1. The van der Waals surface area contributed by atoms with Gasteiger partial charge in [-0.3, -0.25) is 4.79 Å². The van der Waals surface area contributed by atoms with Crippen LogP contribution in [0.25, 0.3) is 0 Å². The van der Waals surface area contributed by atoms with E-state index in [-0.39, 0.29) is 11.9 Å². The number of hydrogen-bond donors (Lipinski definition) is 2. The van der Waals surface area contributed by atoms with Crippen LogP contribution >= 0.6 is 39.1 Å². The standard InChI is InChI=1S/C14H17BrCl2N2O/c1-2-8-3-4-18-12(5-8)14(20)19-13-10(16)6-9(15)7-11(13)17/h6-8,12,18H,2-5H2,1H3,(H,19,20). The van der Waals surface area contributed by atoms with E-state index in [4.69, 9.17) is 23.2 Å². The maximum Gasteiger partial charge on any atom is 0.241 e. The summed E-state index contributed by atoms with van der Waals surface area (Å²) in [6.45, 7) is 3.03. The fourth-order valence-corrected chi connectivity index (χ4v) is 3.74. The molecule has 0 aliphatic carbocycles. The highest BCUT2D eigenvalue weighted by molar-refractivity contribution is 9.10. The lowest BCUT2D eigenvalue weighted by Gasteiger charge is -2.29. The van der Waals surface area contributed by atoms with Gasteiger partial charge in [0.2, 0.25) is 5.91 Å². The second-order valence-electron chi connectivity index (χ2n) is 5.04. The zero-order valence-electron chi connectivity index (χ0n) is 11.2. The number of rotatable bonds is 3. The molecule has 1 aliphatic rings. The minimum absolute atomic E-state index is 0.0747. The van der Waals surface area contributed by atoms with Crippen LogP contribution in [0.4, 0.5) is 5.69 Å². The van der Waals surface area contributed by atoms with Crippen molar-refractivity contribution in [3.8, 4) is 0 Å². The van der Waals surface area contributed by atoms with E-state index in [2.05, 4.69) is 33.5 Å². The Labute approximate surface area is 137 Å². The monoisotopic (exact) mass is 378 g/mol. The Morgan fingerprint density at radius 1 is 1.45 bits per heavy atom. The van der Waals surface area contributed by atoms with Gasteiger partial charge in [-0.05, 0) is 37.4 Å². The predicted octanol–water partition coefficient (Wildman–Crippen LogP) is 4.47. The van der Waals surface area contributed by atoms with Crippen LogP contribution in [-0.2, 0) is 4.79 Å². The van der Waals surface area contributed by atoms with E-state index in [1.54, 1.807) is 12.1 Å². The fraction of sp³-hybridized carbons (Fsp3) is 0.500. The molecule has 1 fully saturated rings. The molecule has 1 aromatic carbocycles. The number of benzene rings is 1. The van der Waals surface area contributed by atoms with Crippen LogP contribution in [0.15, 0.2) is 16.6 Å². The molecule has 1 aromatic rings. The maximum atomic E-state index is 12.3. The average Bonchev–Trinajstić information content (AvgIpc) is 2.42. The lowest BCUT2D eigenvalue weighted by Crippen LogP contribution is -2.46. The molecule has 3 nitrogen and oxygen atoms in total. The molecular weight excluding hydrogens is 363 g/mol. The second kappa shape index (κ2) is 7.12. The van der Waals surface area contributed by atoms with Crippen LogP contribution < -0.4 is 10.6 Å². The summed E-state index contributed by atoms with van der Waals surface area (Å²) in [6, 6.07) is 3.25. The first-order chi connectivity index (χ1) is 9.51. The molecule has 1 heterocycles. The van der Waals surface area contributed by atoms with Crippen molar-refractivity contribution in [3.63, 3.8) is 0 Å². The fourth-order valence-electron chi connectivity index (χ4n) is 2.44. The van der Waals surface area contributed by atoms with Crippen LogP contribution in [0.3, 0.4) is 0 Å². The third-order valence-electron chi connectivity index (χ3n) is 3.66. The van der Waals surface area contributed by atoms with Gasteiger partial charge in [0.05, 0.1) is 21.8 Å². The van der Waals surface area contributed by atoms with Gasteiger partial charge in [0.15, 0.2) is 0 Å². The summed E-state index contributed by atoms with van der Waals surface area (Å²) in [4.78, 5) is 12.3. The highest BCUT2D eigenvalue weighted by Crippen LogP contribution is 2.34. The van der Waals surface area contributed by atoms with Gasteiger partial charge in [0, 0.05) is 4.47 Å². The third kappa shape index (κ3) is 3.88. The first-order valence-corrected chi connectivity index (χ1v) is 8.25. The summed E-state index contributed by atoms with van der Waals surface area (Å²) in [7, 11) is 0. The Morgan fingerprint density at radius 2 is 2.10 bits per heavy atom. The number of halogens is 3. The molecule has 2 rings (SSSR count). The molecule has 2 N–H and O–H groups in total. The Bertz CT molecular complexity index is 487. The quantitative estimate of drug-likeness (QED) is 0.813. The summed E-state index contributed by atoms with van der Waals surface area (Å²) in [6.07, 6.45) is 3.08. The second-order valence-corrected chi connectivity index (χ2v) is 6.77. The Balaban J connectivity index is 2.08. The lowest BCUT2D eigenvalue weighted by molar-refractivity contribution is -0.119. The highest BCUT2D eigenvalue weighted by Gasteiger charge is 2.26. The number of hydrogen-bond acceptors (Lipinski definition) is 2. The van der Waals surface area contributed by atoms with Crippen molar-refractivity contribution in [3.05, 3.63) is 26.7 Å². The van der Waals surface area contributed by atoms with Crippen molar-refractivity contribution in [2.24, 2.45) is 5.92 Å². The number of anilines is 1. The van der Waals surface area contributed by atoms with Crippen molar-refractivity contribution in [2.45, 2.75) is 32.2 Å². The molecule has 2 unspecified atom stereocenters. The maximum absolute atomic E-state index is 12.3. The van der Waals surface area contributed by atoms with E-state index in [0.717, 1.165) is 30.3 Å². The van der Waals surface area contributed by atoms with E-state index < -0.39 is 0 Å². The van der Waals surface area contributed by atoms with Crippen LogP contribution in [0.5, 0.6) is 0 Å². The van der Waals surface area contributed by atoms with E-state index in [1.807, 2.05) is 0 Å². The van der Waals surface area contributed by atoms with Crippen LogP contribution in [0, 0.1) is 5.92 Å². The lowest BCUT2D eigenvalue weighted by atomic mass is 9.90. The zero-order valence-corrected chi connectivity index (χ0v) is 14.3. The van der Waals surface area contributed by atoms with E-state index in [9.17, 15) is 4.79 Å². The normalized spacial score (nSPS) is 22.6. The summed E-state index contributed by atoms with van der Waals surface area (Å²) in [5.41, 5.74) is 0.474. The minimum atomic E-state index is -0.176. The molecule has 1 amide bonds. The van der Waals surface area contributed by atoms with Gasteiger partial charge in [-0.25, -0.2) is 0 Å². The van der Waals surface area contributed by atoms with Gasteiger partial charge in [-0.1, -0.05) is 52.5 Å². The molecular formula is C14H17BrCl2N2O. The molecule has 1 aliphatic heterocycles. The summed E-state index contributed by atoms with van der Waals surface area (Å²) in [5.74, 6) is 0.525. The van der Waals surface area contributed by atoms with Crippen molar-refractivity contribution in [2.75, 3.05) is 11.9 Å². The molecule has 6 heteroatoms. The zero-order chi connectivity index (χ0) is 14.7. The van der Waals surface area contributed by atoms with Gasteiger partial charge in [0.1, 0.15) is 0 Å². The van der Waals surface area contributed by atoms with Crippen molar-refractivity contribution >= 4 is 50.7 Å². The van der Waals surface area contributed by atoms with Gasteiger partial charge in [-0.2, -0.15) is 0 Å². The smallest absolute Gasteiger partial charge is 0.241 e. The summed E-state index contributed by atoms with van der Waals surface area (Å²) in [5, 5.41) is 6.94. The largest absolute Gasteiger partial charge is 0.322 e. The number of piperidine rings is 1. The van der Waals surface area contributed by atoms with Crippen LogP contribution in [0.2, 0.25) is 10.0 Å². The first-order valence-electron chi connectivity index (χ1n) is 6.70. The molecule has 110 valence electrons. The molecule has 0 bridgehead atoms. The van der Waals surface area contributed by atoms with Crippen LogP contribution in [-0.4, -0.2) is 18.5 Å². The third-order valence-corrected chi connectivity index (χ3v) is 4.72. The summed E-state index contributed by atoms with van der Waals surface area (Å²) >= 11 is 15.6. The summed E-state index contributed by atoms with van der Waals surface area (Å²) < 4.78 is 0.785. The van der Waals surface area contributed by atoms with Crippen molar-refractivity contribution < 1.29 is 4.79 Å². The van der Waals surface area contributed by atoms with E-state index in [0.29, 0.717) is 21.7 Å². The number of carbonyl (C=O) groups excluding carboxylic acids is 1. The molecule has 2 atom stereocenters. The average molecular weight is 380 g/mol. The molecule has 0 aromatic heterocycles. The number of carbonyl (C=O) groups is 1. The van der Waals surface area contributed by atoms with Gasteiger partial charge < -0.3 is 10.6 Å². The Kier molecular flexibility index (Phi) is 5.73. The number of amides is 1. The highest BCUT2D eigenvalue weighted by atomic mass is 79.9. The van der Waals surface area contributed by atoms with Crippen LogP contribution in [0.1, 0.15) is 26.2 Å². The van der Waals surface area contributed by atoms with Gasteiger partial charge in [-0.15, -0.1) is 0 Å². The predicted molar refractivity (Wildman–Crippen MR) is 87.6 cm³/mol. The van der Waals surface area contributed by atoms with Crippen molar-refractivity contribution in [1.82, 2.24) is 5.32 Å². The molecule has 1 saturated heterocycles. The number of nitrogens with one attached hydrogen (secondary N) is 2. The molecule has 0 radical (unpaired) electrons. The minimum Gasteiger partial charge on any atom is -0.322 e. The first kappa shape index (κ1) is 16.1. The Hall–Kier alpha value is -0.290.